The number of hydrogen-bond donors (Lipinski definition) is 0. The van der Waals surface area contributed by atoms with E-state index in [2.05, 4.69) is 22.9 Å². The van der Waals surface area contributed by atoms with E-state index < -0.39 is 0 Å². The Morgan fingerprint density at radius 3 is 2.33 bits per heavy atom. The van der Waals surface area contributed by atoms with Crippen molar-refractivity contribution in [1.82, 2.24) is 0 Å². The normalized spacial score (nSPS) is 21.5. The van der Waals surface area contributed by atoms with Gasteiger partial charge in [0.05, 0.1) is 0 Å². The largest absolute Gasteiger partial charge is 0.0922 e. The molecule has 0 saturated heterocycles. The molecule has 0 N–H and O–H groups in total. The number of alkyl halides is 1. The van der Waals surface area contributed by atoms with Crippen molar-refractivity contribution in [2.75, 3.05) is 5.33 Å². The van der Waals surface area contributed by atoms with Crippen molar-refractivity contribution in [3.63, 3.8) is 0 Å². The van der Waals surface area contributed by atoms with Crippen molar-refractivity contribution in [3.05, 3.63) is 0 Å². The van der Waals surface area contributed by atoms with E-state index in [0.717, 1.165) is 0 Å². The van der Waals surface area contributed by atoms with Gasteiger partial charge in [-0.3, -0.25) is 0 Å². The Bertz CT molecular complexity index is 114. The lowest BCUT2D eigenvalue weighted by Crippen LogP contribution is -2.17. The number of hydrogen-bond acceptors (Lipinski definition) is 0. The zero-order chi connectivity index (χ0) is 8.86. The molecule has 1 heteroatoms. The maximum absolute atomic E-state index is 3.69. The molecule has 0 aromatic rings. The molecule has 0 nitrogen and oxygen atoms in total. The molecule has 1 aliphatic rings. The first-order valence-electron chi connectivity index (χ1n) is 5.39. The van der Waals surface area contributed by atoms with Gasteiger partial charge in [0, 0.05) is 5.33 Å². The molecule has 0 aromatic heterocycles. The molecule has 0 heterocycles. The van der Waals surface area contributed by atoms with Crippen molar-refractivity contribution in [1.29, 1.82) is 0 Å². The summed E-state index contributed by atoms with van der Waals surface area (Å²) in [6, 6.07) is 0. The maximum atomic E-state index is 3.69. The first-order valence-corrected chi connectivity index (χ1v) is 6.51. The van der Waals surface area contributed by atoms with Crippen LogP contribution in [0.3, 0.4) is 0 Å². The van der Waals surface area contributed by atoms with Crippen LogP contribution in [0.25, 0.3) is 0 Å². The van der Waals surface area contributed by atoms with Gasteiger partial charge in [-0.15, -0.1) is 0 Å². The van der Waals surface area contributed by atoms with Crippen LogP contribution in [-0.4, -0.2) is 5.33 Å². The summed E-state index contributed by atoms with van der Waals surface area (Å²) in [5, 5.41) is 1.24. The summed E-state index contributed by atoms with van der Waals surface area (Å²) in [5.41, 5.74) is 0.704. The van der Waals surface area contributed by atoms with E-state index in [1.54, 1.807) is 0 Å². The van der Waals surface area contributed by atoms with Crippen LogP contribution in [-0.2, 0) is 0 Å². The van der Waals surface area contributed by atoms with E-state index in [4.69, 9.17) is 0 Å². The Balaban J connectivity index is 2.24. The summed E-state index contributed by atoms with van der Waals surface area (Å²) < 4.78 is 0. The van der Waals surface area contributed by atoms with Crippen LogP contribution >= 0.6 is 15.9 Å². The molecular weight excluding hydrogens is 212 g/mol. The Kier molecular flexibility index (Phi) is 4.63. The highest BCUT2D eigenvalue weighted by atomic mass is 79.9. The van der Waals surface area contributed by atoms with E-state index in [1.165, 1.54) is 56.7 Å². The average molecular weight is 233 g/mol. The van der Waals surface area contributed by atoms with Crippen molar-refractivity contribution >= 4 is 15.9 Å². The van der Waals surface area contributed by atoms with Crippen LogP contribution < -0.4 is 0 Å². The van der Waals surface area contributed by atoms with Gasteiger partial charge in [0.15, 0.2) is 0 Å². The second-order valence-corrected chi connectivity index (χ2v) is 4.86. The highest BCUT2D eigenvalue weighted by Gasteiger charge is 2.31. The molecule has 72 valence electrons. The molecule has 1 fully saturated rings. The predicted octanol–water partition coefficient (Wildman–Crippen LogP) is 4.52. The molecule has 0 aliphatic heterocycles. The topological polar surface area (TPSA) is 0 Å². The number of halogens is 1. The van der Waals surface area contributed by atoms with Gasteiger partial charge in [-0.25, -0.2) is 0 Å². The van der Waals surface area contributed by atoms with Crippen LogP contribution in [0.5, 0.6) is 0 Å². The van der Waals surface area contributed by atoms with Gasteiger partial charge < -0.3 is 0 Å². The van der Waals surface area contributed by atoms with Crippen molar-refractivity contribution in [2.45, 2.75) is 58.3 Å². The highest BCUT2D eigenvalue weighted by Crippen LogP contribution is 2.43. The van der Waals surface area contributed by atoms with Gasteiger partial charge >= 0.3 is 0 Å². The number of rotatable bonds is 5. The molecule has 1 rings (SSSR count). The van der Waals surface area contributed by atoms with Crippen LogP contribution in [0.4, 0.5) is 0 Å². The zero-order valence-corrected chi connectivity index (χ0v) is 9.83. The lowest BCUT2D eigenvalue weighted by Gasteiger charge is -2.26. The third kappa shape index (κ3) is 2.76. The van der Waals surface area contributed by atoms with Crippen LogP contribution in [0, 0.1) is 5.41 Å². The van der Waals surface area contributed by atoms with Gasteiger partial charge in [0.2, 0.25) is 0 Å². The van der Waals surface area contributed by atoms with E-state index in [9.17, 15) is 0 Å². The first kappa shape index (κ1) is 10.6. The first-order chi connectivity index (χ1) is 5.83. The van der Waals surface area contributed by atoms with Gasteiger partial charge in [-0.2, -0.15) is 0 Å². The van der Waals surface area contributed by atoms with E-state index in [0.29, 0.717) is 5.41 Å². The van der Waals surface area contributed by atoms with Crippen LogP contribution in [0.15, 0.2) is 0 Å². The minimum atomic E-state index is 0.704. The quantitative estimate of drug-likeness (QED) is 0.483. The van der Waals surface area contributed by atoms with Gasteiger partial charge in [-0.1, -0.05) is 55.0 Å². The second kappa shape index (κ2) is 5.26. The summed E-state index contributed by atoms with van der Waals surface area (Å²) >= 11 is 3.69. The van der Waals surface area contributed by atoms with Crippen LogP contribution in [0.2, 0.25) is 0 Å². The van der Waals surface area contributed by atoms with E-state index in [1.807, 2.05) is 0 Å². The van der Waals surface area contributed by atoms with E-state index in [-0.39, 0.29) is 0 Å². The summed E-state index contributed by atoms with van der Waals surface area (Å²) in [7, 11) is 0. The molecule has 1 aliphatic carbocycles. The molecule has 0 aromatic carbocycles. The Morgan fingerprint density at radius 2 is 1.83 bits per heavy atom. The molecule has 0 atom stereocenters. The fourth-order valence-corrected chi connectivity index (χ4v) is 3.17. The maximum Gasteiger partial charge on any atom is 0.00879 e. The predicted molar refractivity (Wildman–Crippen MR) is 58.8 cm³/mol. The molecule has 0 amide bonds. The molecule has 1 saturated carbocycles. The van der Waals surface area contributed by atoms with Crippen molar-refractivity contribution in [3.8, 4) is 0 Å². The fraction of sp³-hybridized carbons (Fsp3) is 1.00. The number of unbranched alkanes of at least 4 members (excludes halogenated alkanes) is 2. The van der Waals surface area contributed by atoms with Gasteiger partial charge in [0.1, 0.15) is 0 Å². The smallest absolute Gasteiger partial charge is 0.00879 e. The Labute approximate surface area is 85.3 Å². The fourth-order valence-electron chi connectivity index (χ4n) is 2.33. The second-order valence-electron chi connectivity index (χ2n) is 4.30. The zero-order valence-electron chi connectivity index (χ0n) is 8.24. The minimum Gasteiger partial charge on any atom is -0.0922 e. The van der Waals surface area contributed by atoms with Gasteiger partial charge in [-0.05, 0) is 24.7 Å². The minimum absolute atomic E-state index is 0.704. The average Bonchev–Trinajstić information content (AvgIpc) is 2.55. The highest BCUT2D eigenvalue weighted by molar-refractivity contribution is 9.09. The Hall–Kier alpha value is 0.480. The van der Waals surface area contributed by atoms with Gasteiger partial charge in [0.25, 0.3) is 0 Å². The monoisotopic (exact) mass is 232 g/mol. The molecular formula is C11H21Br. The third-order valence-electron chi connectivity index (χ3n) is 3.26. The summed E-state index contributed by atoms with van der Waals surface area (Å²) in [6.45, 7) is 2.29. The van der Waals surface area contributed by atoms with Crippen molar-refractivity contribution in [2.24, 2.45) is 5.41 Å². The Morgan fingerprint density at radius 1 is 1.17 bits per heavy atom. The standard InChI is InChI=1S/C11H21Br/c1-2-3-4-7-11(10-12)8-5-6-9-11/h2-10H2,1H3. The summed E-state index contributed by atoms with van der Waals surface area (Å²) in [5.74, 6) is 0. The molecule has 0 bridgehead atoms. The van der Waals surface area contributed by atoms with Crippen molar-refractivity contribution < 1.29 is 0 Å². The SMILES string of the molecule is CCCCCC1(CBr)CCCC1. The molecule has 12 heavy (non-hydrogen) atoms. The third-order valence-corrected chi connectivity index (χ3v) is 4.45. The molecule has 0 spiro atoms. The summed E-state index contributed by atoms with van der Waals surface area (Å²) in [6.07, 6.45) is 11.6. The lowest BCUT2D eigenvalue weighted by molar-refractivity contribution is 0.306. The summed E-state index contributed by atoms with van der Waals surface area (Å²) in [4.78, 5) is 0. The van der Waals surface area contributed by atoms with Crippen LogP contribution in [0.1, 0.15) is 58.3 Å². The molecule has 0 unspecified atom stereocenters. The lowest BCUT2D eigenvalue weighted by atomic mass is 9.83. The van der Waals surface area contributed by atoms with E-state index >= 15 is 0 Å². The molecule has 0 radical (unpaired) electrons.